The summed E-state index contributed by atoms with van der Waals surface area (Å²) in [5.41, 5.74) is 1.51. The van der Waals surface area contributed by atoms with E-state index in [0.717, 1.165) is 0 Å². The van der Waals surface area contributed by atoms with Gasteiger partial charge >= 0.3 is 0 Å². The summed E-state index contributed by atoms with van der Waals surface area (Å²) in [5, 5.41) is 21.3. The second kappa shape index (κ2) is 9.71. The average Bonchev–Trinajstić information content (AvgIpc) is 2.80. The van der Waals surface area contributed by atoms with E-state index >= 15 is 0 Å². The van der Waals surface area contributed by atoms with E-state index in [9.17, 15) is 10.2 Å². The number of phenols is 2. The van der Waals surface area contributed by atoms with Gasteiger partial charge < -0.3 is 14.9 Å². The fourth-order valence-electron chi connectivity index (χ4n) is 3.26. The SMILES string of the molecule is Oc1ccccc1-c1cc(Cl)c(Cl)c(Cl)c1Oc1c(-c2ccccc2O)cc(Cl)c(Cl)c1Cl. The zero-order chi connectivity index (χ0) is 23.9. The lowest BCUT2D eigenvalue weighted by molar-refractivity contribution is 0.471. The van der Waals surface area contributed by atoms with E-state index in [1.54, 1.807) is 36.4 Å². The van der Waals surface area contributed by atoms with Crippen molar-refractivity contribution in [1.29, 1.82) is 0 Å². The van der Waals surface area contributed by atoms with Crippen molar-refractivity contribution in [2.24, 2.45) is 0 Å². The van der Waals surface area contributed by atoms with Gasteiger partial charge in [0.05, 0.1) is 20.1 Å². The number of aromatic hydroxyl groups is 2. The van der Waals surface area contributed by atoms with Gasteiger partial charge in [0.1, 0.15) is 21.5 Å². The van der Waals surface area contributed by atoms with Crippen LogP contribution >= 0.6 is 69.6 Å². The summed E-state index contributed by atoms with van der Waals surface area (Å²) >= 11 is 38.2. The van der Waals surface area contributed by atoms with Gasteiger partial charge in [0.25, 0.3) is 0 Å². The van der Waals surface area contributed by atoms with Gasteiger partial charge in [-0.3, -0.25) is 0 Å². The van der Waals surface area contributed by atoms with Crippen LogP contribution in [0.5, 0.6) is 23.0 Å². The molecule has 0 aromatic heterocycles. The molecule has 0 spiro atoms. The molecule has 0 bridgehead atoms. The molecule has 0 fully saturated rings. The van der Waals surface area contributed by atoms with Gasteiger partial charge in [-0.25, -0.2) is 0 Å². The van der Waals surface area contributed by atoms with Crippen molar-refractivity contribution in [2.45, 2.75) is 0 Å². The van der Waals surface area contributed by atoms with E-state index < -0.39 is 0 Å². The van der Waals surface area contributed by atoms with Gasteiger partial charge in [-0.2, -0.15) is 0 Å². The molecule has 0 saturated carbocycles. The smallest absolute Gasteiger partial charge is 0.155 e. The van der Waals surface area contributed by atoms with Crippen LogP contribution in [0.3, 0.4) is 0 Å². The third kappa shape index (κ3) is 4.54. The first-order chi connectivity index (χ1) is 15.7. The molecule has 0 saturated heterocycles. The van der Waals surface area contributed by atoms with Crippen LogP contribution in [-0.2, 0) is 0 Å². The summed E-state index contributed by atoms with van der Waals surface area (Å²) in [6, 6.07) is 16.2. The topological polar surface area (TPSA) is 49.7 Å². The van der Waals surface area contributed by atoms with E-state index in [1.165, 1.54) is 24.3 Å². The third-order valence-electron chi connectivity index (χ3n) is 4.83. The third-order valence-corrected chi connectivity index (χ3v) is 7.32. The maximum atomic E-state index is 10.4. The standard InChI is InChI=1S/C24H12Cl6O3/c25-15-9-13(11-5-1-3-7-17(11)31)23(21(29)19(15)27)33-24-14(10-16(26)20(28)22(24)30)12-6-2-4-8-18(12)32/h1-10,31-32H. The first-order valence-electron chi connectivity index (χ1n) is 9.30. The quantitative estimate of drug-likeness (QED) is 0.244. The normalized spacial score (nSPS) is 11.0. The van der Waals surface area contributed by atoms with Gasteiger partial charge in [0.15, 0.2) is 11.5 Å². The molecule has 9 heteroatoms. The number of hydrogen-bond acceptors (Lipinski definition) is 3. The molecule has 0 aliphatic carbocycles. The molecule has 0 atom stereocenters. The van der Waals surface area contributed by atoms with Crippen molar-refractivity contribution in [3.05, 3.63) is 90.8 Å². The van der Waals surface area contributed by atoms with Crippen molar-refractivity contribution < 1.29 is 14.9 Å². The predicted molar refractivity (Wildman–Crippen MR) is 137 cm³/mol. The number of phenolic OH excluding ortho intramolecular Hbond substituents is 2. The summed E-state index contributed by atoms with van der Waals surface area (Å²) < 4.78 is 6.22. The van der Waals surface area contributed by atoms with E-state index in [-0.39, 0.29) is 53.1 Å². The highest BCUT2D eigenvalue weighted by Crippen LogP contribution is 2.53. The predicted octanol–water partition coefficient (Wildman–Crippen LogP) is 10.1. The number of ether oxygens (including phenoxy) is 1. The van der Waals surface area contributed by atoms with Gasteiger partial charge in [-0.15, -0.1) is 0 Å². The molecule has 0 heterocycles. The van der Waals surface area contributed by atoms with Crippen molar-refractivity contribution in [1.82, 2.24) is 0 Å². The summed E-state index contributed by atoms with van der Waals surface area (Å²) in [6.45, 7) is 0. The van der Waals surface area contributed by atoms with Crippen LogP contribution in [0, 0.1) is 0 Å². The summed E-state index contributed by atoms with van der Waals surface area (Å²) in [4.78, 5) is 0. The van der Waals surface area contributed by atoms with E-state index in [0.29, 0.717) is 22.3 Å². The van der Waals surface area contributed by atoms with Gasteiger partial charge in [0, 0.05) is 22.3 Å². The van der Waals surface area contributed by atoms with Crippen molar-refractivity contribution in [2.75, 3.05) is 0 Å². The Kier molecular flexibility index (Phi) is 7.11. The Labute approximate surface area is 219 Å². The van der Waals surface area contributed by atoms with Gasteiger partial charge in [-0.1, -0.05) is 106 Å². The zero-order valence-corrected chi connectivity index (χ0v) is 20.9. The Morgan fingerprint density at radius 3 is 1.21 bits per heavy atom. The Bertz CT molecular complexity index is 1280. The van der Waals surface area contributed by atoms with Crippen molar-refractivity contribution in [3.63, 3.8) is 0 Å². The van der Waals surface area contributed by atoms with E-state index in [2.05, 4.69) is 0 Å². The second-order valence-electron chi connectivity index (χ2n) is 6.86. The highest BCUT2D eigenvalue weighted by Gasteiger charge is 2.25. The molecule has 0 unspecified atom stereocenters. The molecule has 4 aromatic rings. The highest BCUT2D eigenvalue weighted by molar-refractivity contribution is 6.50. The Hall–Kier alpha value is -1.98. The van der Waals surface area contributed by atoms with Crippen LogP contribution in [-0.4, -0.2) is 10.2 Å². The maximum absolute atomic E-state index is 10.4. The molecular weight excluding hydrogens is 549 g/mol. The van der Waals surface area contributed by atoms with E-state index in [1.807, 2.05) is 0 Å². The summed E-state index contributed by atoms with van der Waals surface area (Å²) in [5.74, 6) is 0.0880. The van der Waals surface area contributed by atoms with Crippen LogP contribution in [0.2, 0.25) is 30.1 Å². The fraction of sp³-hybridized carbons (Fsp3) is 0. The van der Waals surface area contributed by atoms with Crippen molar-refractivity contribution in [3.8, 4) is 45.3 Å². The van der Waals surface area contributed by atoms with Crippen LogP contribution < -0.4 is 4.74 Å². The molecule has 33 heavy (non-hydrogen) atoms. The molecule has 2 N–H and O–H groups in total. The number of halogens is 6. The number of rotatable bonds is 4. The largest absolute Gasteiger partial charge is 0.507 e. The van der Waals surface area contributed by atoms with Crippen molar-refractivity contribution >= 4 is 69.6 Å². The molecule has 168 valence electrons. The molecule has 0 aliphatic rings. The van der Waals surface area contributed by atoms with Crippen LogP contribution in [0.15, 0.2) is 60.7 Å². The molecule has 3 nitrogen and oxygen atoms in total. The number of hydrogen-bond donors (Lipinski definition) is 2. The Morgan fingerprint density at radius 2 is 0.848 bits per heavy atom. The lowest BCUT2D eigenvalue weighted by Crippen LogP contribution is -1.96. The molecule has 0 aliphatic heterocycles. The molecule has 4 aromatic carbocycles. The van der Waals surface area contributed by atoms with Crippen LogP contribution in [0.25, 0.3) is 22.3 Å². The van der Waals surface area contributed by atoms with Gasteiger partial charge in [-0.05, 0) is 24.3 Å². The summed E-state index contributed by atoms with van der Waals surface area (Å²) in [7, 11) is 0. The summed E-state index contributed by atoms with van der Waals surface area (Å²) in [6.07, 6.45) is 0. The minimum Gasteiger partial charge on any atom is -0.507 e. The zero-order valence-electron chi connectivity index (χ0n) is 16.3. The Morgan fingerprint density at radius 1 is 0.485 bits per heavy atom. The monoisotopic (exact) mass is 558 g/mol. The number of para-hydroxylation sites is 2. The molecule has 4 rings (SSSR count). The molecule has 0 amide bonds. The maximum Gasteiger partial charge on any atom is 0.155 e. The first-order valence-corrected chi connectivity index (χ1v) is 11.6. The fourth-order valence-corrected chi connectivity index (χ4v) is 4.53. The highest BCUT2D eigenvalue weighted by atomic mass is 35.5. The van der Waals surface area contributed by atoms with E-state index in [4.69, 9.17) is 74.3 Å². The molecule has 0 radical (unpaired) electrons. The first kappa shape index (κ1) is 24.2. The Balaban J connectivity index is 2.01. The lowest BCUT2D eigenvalue weighted by Gasteiger charge is -2.20. The average molecular weight is 561 g/mol. The lowest BCUT2D eigenvalue weighted by atomic mass is 10.0. The van der Waals surface area contributed by atoms with Gasteiger partial charge in [0.2, 0.25) is 0 Å². The van der Waals surface area contributed by atoms with Crippen LogP contribution in [0.4, 0.5) is 0 Å². The second-order valence-corrected chi connectivity index (χ2v) is 9.19. The minimum absolute atomic E-state index is 0.00667. The molecular formula is C24H12Cl6O3. The minimum atomic E-state index is -0.0297. The number of benzene rings is 4. The van der Waals surface area contributed by atoms with Crippen LogP contribution in [0.1, 0.15) is 0 Å².